The molecule has 0 bridgehead atoms. The first kappa shape index (κ1) is 21.9. The lowest BCUT2D eigenvalue weighted by atomic mass is 10.0. The summed E-state index contributed by atoms with van der Waals surface area (Å²) < 4.78 is 17.1. The standard InChI is InChI=1S/C22H35NO4/c1-4-14-25-16-17-26-15-13-23-11-9-21(10-12-23)27-20-7-5-19(6-8-20)22(24)18(2)3/h5-8,18,21H,4,9-17H2,1-3H3. The Kier molecular flexibility index (Phi) is 9.81. The van der Waals surface area contributed by atoms with E-state index < -0.39 is 0 Å². The summed E-state index contributed by atoms with van der Waals surface area (Å²) in [5, 5.41) is 0. The van der Waals surface area contributed by atoms with Gasteiger partial charge >= 0.3 is 0 Å². The number of rotatable bonds is 12. The Bertz CT molecular complexity index is 536. The van der Waals surface area contributed by atoms with Crippen molar-refractivity contribution in [3.05, 3.63) is 29.8 Å². The van der Waals surface area contributed by atoms with Crippen molar-refractivity contribution in [2.75, 3.05) is 46.1 Å². The molecular formula is C22H35NO4. The second-order valence-corrected chi connectivity index (χ2v) is 7.43. The summed E-state index contributed by atoms with van der Waals surface area (Å²) in [6, 6.07) is 7.57. The summed E-state index contributed by atoms with van der Waals surface area (Å²) in [7, 11) is 0. The molecule has 0 aromatic heterocycles. The van der Waals surface area contributed by atoms with E-state index in [0.717, 1.165) is 63.4 Å². The maximum Gasteiger partial charge on any atom is 0.165 e. The molecule has 1 aromatic rings. The number of nitrogens with zero attached hydrogens (tertiary/aromatic N) is 1. The molecule has 0 N–H and O–H groups in total. The van der Waals surface area contributed by atoms with E-state index in [9.17, 15) is 4.79 Å². The van der Waals surface area contributed by atoms with Crippen molar-refractivity contribution in [3.8, 4) is 5.75 Å². The Hall–Kier alpha value is -1.43. The summed E-state index contributed by atoms with van der Waals surface area (Å²) in [6.45, 7) is 11.9. The first-order chi connectivity index (χ1) is 13.1. The van der Waals surface area contributed by atoms with E-state index in [1.54, 1.807) is 0 Å². The third kappa shape index (κ3) is 7.99. The highest BCUT2D eigenvalue weighted by molar-refractivity contribution is 5.97. The van der Waals surface area contributed by atoms with Gasteiger partial charge in [0.1, 0.15) is 11.9 Å². The van der Waals surface area contributed by atoms with Gasteiger partial charge in [0.25, 0.3) is 0 Å². The zero-order valence-corrected chi connectivity index (χ0v) is 17.1. The average molecular weight is 378 g/mol. The highest BCUT2D eigenvalue weighted by Gasteiger charge is 2.20. The van der Waals surface area contributed by atoms with E-state index in [-0.39, 0.29) is 17.8 Å². The Morgan fingerprint density at radius 3 is 2.26 bits per heavy atom. The highest BCUT2D eigenvalue weighted by Crippen LogP contribution is 2.20. The van der Waals surface area contributed by atoms with Crippen LogP contribution in [0.25, 0.3) is 0 Å². The van der Waals surface area contributed by atoms with Crippen LogP contribution in [0.5, 0.6) is 5.75 Å². The molecule has 1 aliphatic heterocycles. The number of hydrogen-bond donors (Lipinski definition) is 0. The van der Waals surface area contributed by atoms with Crippen LogP contribution >= 0.6 is 0 Å². The molecule has 1 aromatic carbocycles. The number of carbonyl (C=O) groups excluding carboxylic acids is 1. The van der Waals surface area contributed by atoms with Crippen molar-refractivity contribution in [1.82, 2.24) is 4.90 Å². The average Bonchev–Trinajstić information content (AvgIpc) is 2.68. The van der Waals surface area contributed by atoms with Gasteiger partial charge in [-0.2, -0.15) is 0 Å². The predicted octanol–water partition coefficient (Wildman–Crippen LogP) is 3.81. The summed E-state index contributed by atoms with van der Waals surface area (Å²) >= 11 is 0. The maximum atomic E-state index is 12.0. The van der Waals surface area contributed by atoms with Gasteiger partial charge in [0.15, 0.2) is 5.78 Å². The highest BCUT2D eigenvalue weighted by atomic mass is 16.5. The third-order valence-corrected chi connectivity index (χ3v) is 4.77. The Balaban J connectivity index is 1.61. The number of piperidine rings is 1. The number of benzene rings is 1. The van der Waals surface area contributed by atoms with Crippen molar-refractivity contribution in [3.63, 3.8) is 0 Å². The van der Waals surface area contributed by atoms with Gasteiger partial charge in [0, 0.05) is 37.7 Å². The van der Waals surface area contributed by atoms with Gasteiger partial charge < -0.3 is 19.1 Å². The smallest absolute Gasteiger partial charge is 0.165 e. The maximum absolute atomic E-state index is 12.0. The first-order valence-electron chi connectivity index (χ1n) is 10.3. The molecule has 0 amide bonds. The molecule has 0 saturated carbocycles. The third-order valence-electron chi connectivity index (χ3n) is 4.77. The van der Waals surface area contributed by atoms with Gasteiger partial charge in [-0.3, -0.25) is 4.79 Å². The van der Waals surface area contributed by atoms with Crippen molar-refractivity contribution in [2.45, 2.75) is 46.1 Å². The Labute approximate surface area is 164 Å². The summed E-state index contributed by atoms with van der Waals surface area (Å²) in [4.78, 5) is 14.4. The molecule has 0 spiro atoms. The lowest BCUT2D eigenvalue weighted by molar-refractivity contribution is 0.0298. The van der Waals surface area contributed by atoms with E-state index in [4.69, 9.17) is 14.2 Å². The Morgan fingerprint density at radius 2 is 1.67 bits per heavy atom. The minimum atomic E-state index is 0.0222. The zero-order chi connectivity index (χ0) is 19.5. The normalized spacial score (nSPS) is 16.0. The molecule has 1 saturated heterocycles. The van der Waals surface area contributed by atoms with Crippen LogP contribution in [0.2, 0.25) is 0 Å². The van der Waals surface area contributed by atoms with Gasteiger partial charge in [0.2, 0.25) is 0 Å². The number of likely N-dealkylation sites (tertiary alicyclic amines) is 1. The monoisotopic (exact) mass is 377 g/mol. The van der Waals surface area contributed by atoms with Crippen LogP contribution in [0.3, 0.4) is 0 Å². The molecule has 27 heavy (non-hydrogen) atoms. The van der Waals surface area contributed by atoms with Crippen molar-refractivity contribution < 1.29 is 19.0 Å². The van der Waals surface area contributed by atoms with Crippen LogP contribution in [-0.2, 0) is 9.47 Å². The number of carbonyl (C=O) groups is 1. The number of ether oxygens (including phenoxy) is 3. The Morgan fingerprint density at radius 1 is 1.04 bits per heavy atom. The van der Waals surface area contributed by atoms with Crippen LogP contribution < -0.4 is 4.74 Å². The second kappa shape index (κ2) is 12.1. The quantitative estimate of drug-likeness (QED) is 0.409. The molecule has 0 radical (unpaired) electrons. The van der Waals surface area contributed by atoms with Crippen LogP contribution in [0.15, 0.2) is 24.3 Å². The largest absolute Gasteiger partial charge is 0.490 e. The van der Waals surface area contributed by atoms with Crippen molar-refractivity contribution in [2.24, 2.45) is 5.92 Å². The van der Waals surface area contributed by atoms with Gasteiger partial charge in [-0.15, -0.1) is 0 Å². The number of Topliss-reactive ketones (excluding diaryl/α,β-unsaturated/α-hetero) is 1. The zero-order valence-electron chi connectivity index (χ0n) is 17.1. The number of ketones is 1. The van der Waals surface area contributed by atoms with Crippen LogP contribution in [0, 0.1) is 5.92 Å². The van der Waals surface area contributed by atoms with Gasteiger partial charge in [0.05, 0.1) is 19.8 Å². The molecule has 2 rings (SSSR count). The number of hydrogen-bond acceptors (Lipinski definition) is 5. The SMILES string of the molecule is CCCOCCOCCN1CCC(Oc2ccc(C(=O)C(C)C)cc2)CC1. The summed E-state index contributed by atoms with van der Waals surface area (Å²) in [5.74, 6) is 1.05. The van der Waals surface area contributed by atoms with E-state index in [0.29, 0.717) is 13.2 Å². The summed E-state index contributed by atoms with van der Waals surface area (Å²) in [6.07, 6.45) is 3.34. The molecule has 0 unspecified atom stereocenters. The van der Waals surface area contributed by atoms with E-state index in [1.165, 1.54) is 0 Å². The minimum Gasteiger partial charge on any atom is -0.490 e. The molecule has 5 nitrogen and oxygen atoms in total. The first-order valence-corrected chi connectivity index (χ1v) is 10.3. The molecule has 0 atom stereocenters. The van der Waals surface area contributed by atoms with Crippen LogP contribution in [0.1, 0.15) is 50.4 Å². The lowest BCUT2D eigenvalue weighted by Gasteiger charge is -2.32. The fourth-order valence-electron chi connectivity index (χ4n) is 3.13. The van der Waals surface area contributed by atoms with Crippen molar-refractivity contribution in [1.29, 1.82) is 0 Å². The lowest BCUT2D eigenvalue weighted by Crippen LogP contribution is -2.39. The predicted molar refractivity (Wildman–Crippen MR) is 108 cm³/mol. The molecule has 1 aliphatic rings. The van der Waals surface area contributed by atoms with Crippen LogP contribution in [-0.4, -0.2) is 62.8 Å². The molecule has 152 valence electrons. The molecular weight excluding hydrogens is 342 g/mol. The minimum absolute atomic E-state index is 0.0222. The molecule has 1 heterocycles. The van der Waals surface area contributed by atoms with E-state index in [2.05, 4.69) is 11.8 Å². The summed E-state index contributed by atoms with van der Waals surface area (Å²) in [5.41, 5.74) is 0.757. The van der Waals surface area contributed by atoms with Gasteiger partial charge in [-0.05, 0) is 43.5 Å². The molecule has 0 aliphatic carbocycles. The van der Waals surface area contributed by atoms with E-state index in [1.807, 2.05) is 38.1 Å². The molecule has 5 heteroatoms. The van der Waals surface area contributed by atoms with E-state index >= 15 is 0 Å². The van der Waals surface area contributed by atoms with Gasteiger partial charge in [-0.1, -0.05) is 20.8 Å². The fourth-order valence-corrected chi connectivity index (χ4v) is 3.13. The topological polar surface area (TPSA) is 48.0 Å². The van der Waals surface area contributed by atoms with Crippen molar-refractivity contribution >= 4 is 5.78 Å². The molecule has 1 fully saturated rings. The second-order valence-electron chi connectivity index (χ2n) is 7.43. The van der Waals surface area contributed by atoms with Crippen LogP contribution in [0.4, 0.5) is 0 Å². The van der Waals surface area contributed by atoms with Gasteiger partial charge in [-0.25, -0.2) is 0 Å². The fraction of sp³-hybridized carbons (Fsp3) is 0.682.